The summed E-state index contributed by atoms with van der Waals surface area (Å²) in [6.45, 7) is 2.98. The minimum Gasteiger partial charge on any atom is -0.348 e. The zero-order valence-electron chi connectivity index (χ0n) is 13.9. The van der Waals surface area contributed by atoms with E-state index in [0.717, 1.165) is 38.9 Å². The SMILES string of the molecule is Cn1cncc1CCN1CCCC(NC(=O)c2ccc(Cl)cc2)C1. The lowest BCUT2D eigenvalue weighted by molar-refractivity contribution is 0.0904. The molecule has 0 bridgehead atoms. The van der Waals surface area contributed by atoms with Crippen LogP contribution in [0.15, 0.2) is 36.8 Å². The number of carbonyl (C=O) groups is 1. The van der Waals surface area contributed by atoms with E-state index in [9.17, 15) is 4.79 Å². The molecule has 5 nitrogen and oxygen atoms in total. The summed E-state index contributed by atoms with van der Waals surface area (Å²) in [5, 5.41) is 3.79. The van der Waals surface area contributed by atoms with Crippen LogP contribution >= 0.6 is 11.6 Å². The minimum absolute atomic E-state index is 0.0230. The third-order valence-corrected chi connectivity index (χ3v) is 4.80. The van der Waals surface area contributed by atoms with Crippen molar-refractivity contribution in [3.63, 3.8) is 0 Å². The molecule has 0 aliphatic carbocycles. The number of piperidine rings is 1. The second-order valence-electron chi connectivity index (χ2n) is 6.37. The van der Waals surface area contributed by atoms with Crippen LogP contribution in [-0.2, 0) is 13.5 Å². The van der Waals surface area contributed by atoms with Crippen molar-refractivity contribution >= 4 is 17.5 Å². The van der Waals surface area contributed by atoms with Crippen molar-refractivity contribution in [2.75, 3.05) is 19.6 Å². The van der Waals surface area contributed by atoms with Crippen LogP contribution in [0, 0.1) is 0 Å². The predicted octanol–water partition coefficient (Wildman–Crippen LogP) is 2.51. The summed E-state index contributed by atoms with van der Waals surface area (Å²) in [7, 11) is 2.02. The molecule has 6 heteroatoms. The fourth-order valence-corrected chi connectivity index (χ4v) is 3.27. The first kappa shape index (κ1) is 17.0. The Bertz CT molecular complexity index is 683. The van der Waals surface area contributed by atoms with E-state index in [4.69, 9.17) is 11.6 Å². The first-order valence-electron chi connectivity index (χ1n) is 8.36. The van der Waals surface area contributed by atoms with Crippen LogP contribution in [0.4, 0.5) is 0 Å². The molecule has 24 heavy (non-hydrogen) atoms. The molecule has 2 heterocycles. The number of aromatic nitrogens is 2. The molecule has 1 saturated heterocycles. The van der Waals surface area contributed by atoms with Crippen molar-refractivity contribution in [2.24, 2.45) is 7.05 Å². The zero-order chi connectivity index (χ0) is 16.9. The fraction of sp³-hybridized carbons (Fsp3) is 0.444. The van der Waals surface area contributed by atoms with Crippen molar-refractivity contribution in [3.8, 4) is 0 Å². The second kappa shape index (κ2) is 7.81. The number of rotatable bonds is 5. The maximum atomic E-state index is 12.3. The summed E-state index contributed by atoms with van der Waals surface area (Å²) < 4.78 is 2.06. The Morgan fingerprint density at radius 2 is 2.17 bits per heavy atom. The van der Waals surface area contributed by atoms with Gasteiger partial charge in [-0.15, -0.1) is 0 Å². The number of amides is 1. The molecule has 3 rings (SSSR count). The summed E-state index contributed by atoms with van der Waals surface area (Å²) in [5.41, 5.74) is 1.90. The van der Waals surface area contributed by atoms with Gasteiger partial charge in [0.15, 0.2) is 0 Å². The first-order valence-corrected chi connectivity index (χ1v) is 8.73. The van der Waals surface area contributed by atoms with Gasteiger partial charge in [0.25, 0.3) is 5.91 Å². The number of halogens is 1. The maximum absolute atomic E-state index is 12.3. The van der Waals surface area contributed by atoms with Gasteiger partial charge >= 0.3 is 0 Å². The van der Waals surface area contributed by atoms with E-state index in [0.29, 0.717) is 10.6 Å². The van der Waals surface area contributed by atoms with E-state index < -0.39 is 0 Å². The molecule has 1 amide bonds. The molecule has 1 aliphatic rings. The number of aryl methyl sites for hydroxylation is 1. The van der Waals surface area contributed by atoms with E-state index in [1.807, 2.05) is 19.6 Å². The smallest absolute Gasteiger partial charge is 0.251 e. The Morgan fingerprint density at radius 3 is 2.88 bits per heavy atom. The van der Waals surface area contributed by atoms with Gasteiger partial charge in [0, 0.05) is 55.1 Å². The molecule has 1 N–H and O–H groups in total. The van der Waals surface area contributed by atoms with Crippen molar-refractivity contribution in [2.45, 2.75) is 25.3 Å². The van der Waals surface area contributed by atoms with Crippen LogP contribution in [0.5, 0.6) is 0 Å². The number of hydrogen-bond donors (Lipinski definition) is 1. The topological polar surface area (TPSA) is 50.2 Å². The van der Waals surface area contributed by atoms with Crippen LogP contribution in [0.1, 0.15) is 28.9 Å². The van der Waals surface area contributed by atoms with Crippen molar-refractivity contribution in [1.82, 2.24) is 19.8 Å². The maximum Gasteiger partial charge on any atom is 0.251 e. The normalized spacial score (nSPS) is 18.5. The lowest BCUT2D eigenvalue weighted by Crippen LogP contribution is -2.48. The lowest BCUT2D eigenvalue weighted by Gasteiger charge is -2.33. The van der Waals surface area contributed by atoms with E-state index in [-0.39, 0.29) is 11.9 Å². The summed E-state index contributed by atoms with van der Waals surface area (Å²) in [6, 6.07) is 7.23. The number of benzene rings is 1. The molecule has 0 saturated carbocycles. The van der Waals surface area contributed by atoms with Crippen molar-refractivity contribution in [1.29, 1.82) is 0 Å². The molecule has 1 aliphatic heterocycles. The van der Waals surface area contributed by atoms with Gasteiger partial charge in [-0.2, -0.15) is 0 Å². The molecule has 1 atom stereocenters. The molecule has 0 spiro atoms. The first-order chi connectivity index (χ1) is 11.6. The highest BCUT2D eigenvalue weighted by Gasteiger charge is 2.21. The van der Waals surface area contributed by atoms with Crippen LogP contribution in [-0.4, -0.2) is 46.0 Å². The van der Waals surface area contributed by atoms with Gasteiger partial charge in [-0.3, -0.25) is 4.79 Å². The average Bonchev–Trinajstić information content (AvgIpc) is 2.99. The highest BCUT2D eigenvalue weighted by Crippen LogP contribution is 2.13. The van der Waals surface area contributed by atoms with Crippen LogP contribution in [0.2, 0.25) is 5.02 Å². The summed E-state index contributed by atoms with van der Waals surface area (Å²) in [5.74, 6) is -0.0230. The van der Waals surface area contributed by atoms with E-state index in [1.165, 1.54) is 5.69 Å². The molecule has 0 radical (unpaired) electrons. The zero-order valence-corrected chi connectivity index (χ0v) is 14.7. The molecule has 1 aromatic heterocycles. The van der Waals surface area contributed by atoms with Gasteiger partial charge in [-0.25, -0.2) is 4.98 Å². The summed E-state index contributed by atoms with van der Waals surface area (Å²) in [6.07, 6.45) is 6.87. The van der Waals surface area contributed by atoms with E-state index in [1.54, 1.807) is 24.3 Å². The number of nitrogens with one attached hydrogen (secondary N) is 1. The lowest BCUT2D eigenvalue weighted by atomic mass is 10.0. The average molecular weight is 347 g/mol. The van der Waals surface area contributed by atoms with Gasteiger partial charge in [-0.05, 0) is 43.7 Å². The molecular weight excluding hydrogens is 324 g/mol. The number of imidazole rings is 1. The van der Waals surface area contributed by atoms with Gasteiger partial charge < -0.3 is 14.8 Å². The Hall–Kier alpha value is -1.85. The largest absolute Gasteiger partial charge is 0.348 e. The third kappa shape index (κ3) is 4.36. The molecule has 128 valence electrons. The quantitative estimate of drug-likeness (QED) is 0.905. The Kier molecular flexibility index (Phi) is 5.53. The highest BCUT2D eigenvalue weighted by molar-refractivity contribution is 6.30. The predicted molar refractivity (Wildman–Crippen MR) is 95.3 cm³/mol. The molecule has 1 fully saturated rings. The van der Waals surface area contributed by atoms with Gasteiger partial charge in [-0.1, -0.05) is 11.6 Å². The number of carbonyl (C=O) groups excluding carboxylic acids is 1. The monoisotopic (exact) mass is 346 g/mol. The Labute approximate surface area is 147 Å². The summed E-state index contributed by atoms with van der Waals surface area (Å²) >= 11 is 5.87. The van der Waals surface area contributed by atoms with Gasteiger partial charge in [0.05, 0.1) is 6.33 Å². The van der Waals surface area contributed by atoms with E-state index >= 15 is 0 Å². The van der Waals surface area contributed by atoms with E-state index in [2.05, 4.69) is 19.8 Å². The number of likely N-dealkylation sites (tertiary alicyclic amines) is 1. The van der Waals surface area contributed by atoms with Crippen molar-refractivity contribution in [3.05, 3.63) is 53.1 Å². The minimum atomic E-state index is -0.0230. The molecule has 2 aromatic rings. The molecule has 1 unspecified atom stereocenters. The third-order valence-electron chi connectivity index (χ3n) is 4.55. The number of hydrogen-bond acceptors (Lipinski definition) is 3. The van der Waals surface area contributed by atoms with Crippen LogP contribution in [0.25, 0.3) is 0 Å². The van der Waals surface area contributed by atoms with Crippen LogP contribution in [0.3, 0.4) is 0 Å². The highest BCUT2D eigenvalue weighted by atomic mass is 35.5. The molecular formula is C18H23ClN4O. The Morgan fingerprint density at radius 1 is 1.38 bits per heavy atom. The van der Waals surface area contributed by atoms with Crippen molar-refractivity contribution < 1.29 is 4.79 Å². The molecule has 1 aromatic carbocycles. The Balaban J connectivity index is 1.50. The summed E-state index contributed by atoms with van der Waals surface area (Å²) in [4.78, 5) is 18.9. The standard InChI is InChI=1S/C18H23ClN4O/c1-22-13-20-11-17(22)8-10-23-9-2-3-16(12-23)21-18(24)14-4-6-15(19)7-5-14/h4-7,11,13,16H,2-3,8-10,12H2,1H3,(H,21,24). The second-order valence-corrected chi connectivity index (χ2v) is 6.80. The van der Waals surface area contributed by atoms with Gasteiger partial charge in [0.2, 0.25) is 0 Å². The van der Waals surface area contributed by atoms with Crippen LogP contribution < -0.4 is 5.32 Å². The fourth-order valence-electron chi connectivity index (χ4n) is 3.14. The van der Waals surface area contributed by atoms with Gasteiger partial charge in [0.1, 0.15) is 0 Å². The number of nitrogens with zero attached hydrogens (tertiary/aromatic N) is 3.